The minimum atomic E-state index is -4.67. The van der Waals surface area contributed by atoms with Gasteiger partial charge in [0, 0.05) is 48.5 Å². The third-order valence-corrected chi connectivity index (χ3v) is 9.15. The van der Waals surface area contributed by atoms with Crippen LogP contribution in [-0.4, -0.2) is 53.0 Å². The van der Waals surface area contributed by atoms with Crippen molar-refractivity contribution in [3.8, 4) is 11.3 Å². The Labute approximate surface area is 253 Å². The van der Waals surface area contributed by atoms with Crippen LogP contribution in [0.25, 0.3) is 22.2 Å². The van der Waals surface area contributed by atoms with Crippen molar-refractivity contribution in [1.29, 1.82) is 0 Å². The van der Waals surface area contributed by atoms with Gasteiger partial charge in [-0.15, -0.1) is 0 Å². The summed E-state index contributed by atoms with van der Waals surface area (Å²) in [5.41, 5.74) is -0.733. The quantitative estimate of drug-likeness (QED) is 0.177. The molecule has 230 valence electrons. The predicted molar refractivity (Wildman–Crippen MR) is 164 cm³/mol. The molecule has 0 bridgehead atoms. The fraction of sp³-hybridized carbons (Fsp3) is 0.552. The smallest absolute Gasteiger partial charge is 0.419 e. The van der Waals surface area contributed by atoms with E-state index in [1.165, 1.54) is 0 Å². The van der Waals surface area contributed by atoms with Crippen molar-refractivity contribution in [3.05, 3.63) is 40.6 Å². The van der Waals surface area contributed by atoms with E-state index >= 15 is 0 Å². The van der Waals surface area contributed by atoms with E-state index < -0.39 is 31.5 Å². The molecule has 1 amide bonds. The van der Waals surface area contributed by atoms with E-state index in [1.807, 2.05) is 10.6 Å². The Morgan fingerprint density at radius 3 is 2.55 bits per heavy atom. The average molecular weight is 671 g/mol. The van der Waals surface area contributed by atoms with E-state index in [0.717, 1.165) is 28.7 Å². The number of rotatable bonds is 9. The summed E-state index contributed by atoms with van der Waals surface area (Å²) in [6.07, 6.45) is -0.503. The molecule has 1 saturated carbocycles. The minimum absolute atomic E-state index is 0.0605. The number of halogens is 4. The summed E-state index contributed by atoms with van der Waals surface area (Å²) in [6, 6.07) is 5.87. The molecule has 2 N–H and O–H groups in total. The van der Waals surface area contributed by atoms with Gasteiger partial charge in [0.1, 0.15) is 17.9 Å². The number of benzene rings is 1. The molecule has 3 aromatic rings. The van der Waals surface area contributed by atoms with Gasteiger partial charge in [-0.05, 0) is 58.2 Å². The zero-order valence-corrected chi connectivity index (χ0v) is 27.4. The first-order chi connectivity index (χ1) is 19.5. The van der Waals surface area contributed by atoms with Gasteiger partial charge in [0.05, 0.1) is 17.3 Å². The lowest BCUT2D eigenvalue weighted by Crippen LogP contribution is -2.45. The molecule has 2 atom stereocenters. The molecule has 8 nitrogen and oxygen atoms in total. The molecule has 13 heteroatoms. The summed E-state index contributed by atoms with van der Waals surface area (Å²) >= 11 is 3.48. The van der Waals surface area contributed by atoms with E-state index in [4.69, 9.17) is 9.47 Å². The second-order valence-electron chi connectivity index (χ2n) is 12.9. The number of hydrogen-bond donors (Lipinski definition) is 2. The van der Waals surface area contributed by atoms with Crippen LogP contribution in [0, 0.1) is 0 Å². The maximum Gasteiger partial charge on any atom is 0.419 e. The predicted octanol–water partition coefficient (Wildman–Crippen LogP) is 8.05. The SMILES string of the molecule is CC(C)(C)OC(=O)N[C@H]1CCC[C@@H]1Nc1ncc(C(F)(F)F)c(-c2cn(COCC[Si](C)(C)C)c3cc(Br)ccc23)n1. The Bertz CT molecular complexity index is 1420. The van der Waals surface area contributed by atoms with Crippen LogP contribution in [-0.2, 0) is 22.4 Å². The third kappa shape index (κ3) is 8.47. The van der Waals surface area contributed by atoms with E-state index in [-0.39, 0.29) is 30.5 Å². The van der Waals surface area contributed by atoms with Gasteiger partial charge in [-0.1, -0.05) is 41.6 Å². The monoisotopic (exact) mass is 669 g/mol. The number of carbonyl (C=O) groups is 1. The zero-order chi connectivity index (χ0) is 30.9. The first-order valence-corrected chi connectivity index (χ1v) is 18.6. The second kappa shape index (κ2) is 12.5. The molecule has 1 fully saturated rings. The lowest BCUT2D eigenvalue weighted by atomic mass is 10.1. The fourth-order valence-corrected chi connectivity index (χ4v) is 6.00. The number of aromatic nitrogens is 3. The number of fused-ring (bicyclic) bond motifs is 1. The van der Waals surface area contributed by atoms with Crippen LogP contribution in [0.4, 0.5) is 23.9 Å². The lowest BCUT2D eigenvalue weighted by molar-refractivity contribution is -0.137. The molecular weight excluding hydrogens is 631 g/mol. The zero-order valence-electron chi connectivity index (χ0n) is 24.9. The largest absolute Gasteiger partial charge is 0.444 e. The number of nitrogens with zero attached hydrogens (tertiary/aromatic N) is 3. The molecule has 1 aliphatic rings. The summed E-state index contributed by atoms with van der Waals surface area (Å²) in [4.78, 5) is 20.8. The summed E-state index contributed by atoms with van der Waals surface area (Å²) in [6.45, 7) is 12.9. The Morgan fingerprint density at radius 2 is 1.88 bits per heavy atom. The van der Waals surface area contributed by atoms with E-state index in [1.54, 1.807) is 39.1 Å². The highest BCUT2D eigenvalue weighted by Crippen LogP contribution is 2.40. The third-order valence-electron chi connectivity index (χ3n) is 6.95. The highest BCUT2D eigenvalue weighted by Gasteiger charge is 2.37. The summed E-state index contributed by atoms with van der Waals surface area (Å²) in [5, 5.41) is 6.67. The van der Waals surface area contributed by atoms with Crippen LogP contribution >= 0.6 is 15.9 Å². The van der Waals surface area contributed by atoms with Gasteiger partial charge >= 0.3 is 12.3 Å². The molecule has 1 aromatic carbocycles. The van der Waals surface area contributed by atoms with Crippen LogP contribution < -0.4 is 10.6 Å². The second-order valence-corrected chi connectivity index (χ2v) is 19.4. The Hall–Kier alpha value is -2.64. The Morgan fingerprint density at radius 1 is 1.17 bits per heavy atom. The van der Waals surface area contributed by atoms with Crippen molar-refractivity contribution in [3.63, 3.8) is 0 Å². The molecule has 0 unspecified atom stereocenters. The van der Waals surface area contributed by atoms with Crippen molar-refractivity contribution in [2.75, 3.05) is 11.9 Å². The van der Waals surface area contributed by atoms with Gasteiger partial charge in [0.25, 0.3) is 0 Å². The van der Waals surface area contributed by atoms with Gasteiger partial charge < -0.3 is 24.7 Å². The van der Waals surface area contributed by atoms with Crippen molar-refractivity contribution < 1.29 is 27.4 Å². The summed E-state index contributed by atoms with van der Waals surface area (Å²) in [5.74, 6) is 0.0605. The van der Waals surface area contributed by atoms with Crippen molar-refractivity contribution in [1.82, 2.24) is 19.9 Å². The number of alkyl carbamates (subject to hydrolysis) is 1. The highest BCUT2D eigenvalue weighted by atomic mass is 79.9. The summed E-state index contributed by atoms with van der Waals surface area (Å²) < 4.78 is 56.7. The molecule has 2 heterocycles. The van der Waals surface area contributed by atoms with Gasteiger partial charge in [-0.25, -0.2) is 14.8 Å². The van der Waals surface area contributed by atoms with E-state index in [0.29, 0.717) is 30.4 Å². The number of nitrogens with one attached hydrogen (secondary N) is 2. The number of amides is 1. The molecule has 4 rings (SSSR count). The highest BCUT2D eigenvalue weighted by molar-refractivity contribution is 9.10. The number of hydrogen-bond acceptors (Lipinski definition) is 6. The Balaban J connectivity index is 1.65. The fourth-order valence-electron chi connectivity index (χ4n) is 4.90. The van der Waals surface area contributed by atoms with Gasteiger partial charge in [-0.3, -0.25) is 0 Å². The maximum absolute atomic E-state index is 14.2. The topological polar surface area (TPSA) is 90.3 Å². The number of ether oxygens (including phenoxy) is 2. The first kappa shape index (κ1) is 32.3. The van der Waals surface area contributed by atoms with Crippen LogP contribution in [0.3, 0.4) is 0 Å². The van der Waals surface area contributed by atoms with Gasteiger partial charge in [-0.2, -0.15) is 13.2 Å². The normalized spacial score (nSPS) is 18.0. The summed E-state index contributed by atoms with van der Waals surface area (Å²) in [7, 11) is -1.30. The van der Waals surface area contributed by atoms with Crippen molar-refractivity contribution >= 4 is 46.9 Å². The first-order valence-electron chi connectivity index (χ1n) is 14.1. The number of carbonyl (C=O) groups excluding carboxylic acids is 1. The molecule has 0 aliphatic heterocycles. The molecule has 0 radical (unpaired) electrons. The molecule has 1 aliphatic carbocycles. The van der Waals surface area contributed by atoms with Crippen LogP contribution in [0.1, 0.15) is 45.6 Å². The molecule has 0 spiro atoms. The molecule has 42 heavy (non-hydrogen) atoms. The molecular formula is C29H39BrF3N5O3Si. The van der Waals surface area contributed by atoms with Crippen molar-refractivity contribution in [2.24, 2.45) is 0 Å². The van der Waals surface area contributed by atoms with Crippen molar-refractivity contribution in [2.45, 2.75) is 96.3 Å². The van der Waals surface area contributed by atoms with Crippen LogP contribution in [0.5, 0.6) is 0 Å². The maximum atomic E-state index is 14.2. The molecule has 0 saturated heterocycles. The van der Waals surface area contributed by atoms with E-state index in [2.05, 4.69) is 56.2 Å². The number of anilines is 1. The number of alkyl halides is 3. The van der Waals surface area contributed by atoms with Gasteiger partial charge in [0.2, 0.25) is 5.95 Å². The van der Waals surface area contributed by atoms with Crippen LogP contribution in [0.2, 0.25) is 25.7 Å². The van der Waals surface area contributed by atoms with E-state index in [9.17, 15) is 18.0 Å². The van der Waals surface area contributed by atoms with Gasteiger partial charge in [0.15, 0.2) is 0 Å². The average Bonchev–Trinajstić information content (AvgIpc) is 3.43. The lowest BCUT2D eigenvalue weighted by Gasteiger charge is -2.25. The minimum Gasteiger partial charge on any atom is -0.444 e. The molecule has 2 aromatic heterocycles. The Kier molecular flexibility index (Phi) is 9.63. The standard InChI is InChI=1S/C29H39BrF3N5O3Si/c1-28(2,3)41-27(39)36-23-9-7-8-22(23)35-26-34-15-21(29(31,32)33)25(37-26)20-16-38(17-40-12-13-42(4,5)6)24-14-18(30)10-11-19(20)24/h10-11,14-16,22-23H,7-9,12-13,17H2,1-6H3,(H,36,39)(H,34,35,37)/t22-,23-/m0/s1. The van der Waals surface area contributed by atoms with Crippen LogP contribution in [0.15, 0.2) is 35.1 Å².